The van der Waals surface area contributed by atoms with Crippen LogP contribution in [-0.4, -0.2) is 155 Å². The highest BCUT2D eigenvalue weighted by atomic mass is 16.3. The van der Waals surface area contributed by atoms with Crippen LogP contribution in [0.2, 0.25) is 0 Å². The van der Waals surface area contributed by atoms with Crippen LogP contribution < -0.4 is 53.2 Å². The summed E-state index contributed by atoms with van der Waals surface area (Å²) in [7, 11) is 1.77. The Morgan fingerprint density at radius 2 is 1.10 bits per heavy atom. The summed E-state index contributed by atoms with van der Waals surface area (Å²) in [4.78, 5) is 138. The van der Waals surface area contributed by atoms with Crippen molar-refractivity contribution < 1.29 is 53.1 Å². The molecule has 0 bridgehead atoms. The van der Waals surface area contributed by atoms with Gasteiger partial charge in [0.2, 0.25) is 59.1 Å². The Labute approximate surface area is 465 Å². The molecular formula is C56H101N11O11. The van der Waals surface area contributed by atoms with Crippen molar-refractivity contribution in [3.05, 3.63) is 12.2 Å². The number of carbonyl (C=O) groups is 10. The van der Waals surface area contributed by atoms with E-state index in [-0.39, 0.29) is 79.7 Å². The zero-order valence-corrected chi connectivity index (χ0v) is 50.5. The fraction of sp³-hybridized carbons (Fsp3) is 0.786. The van der Waals surface area contributed by atoms with Gasteiger partial charge in [-0.2, -0.15) is 0 Å². The quantitative estimate of drug-likeness (QED) is 0.0430. The van der Waals surface area contributed by atoms with Crippen molar-refractivity contribution in [1.29, 1.82) is 0 Å². The van der Waals surface area contributed by atoms with E-state index in [0.29, 0.717) is 19.5 Å². The first kappa shape index (κ1) is 70.4. The zero-order chi connectivity index (χ0) is 60.2. The van der Waals surface area contributed by atoms with Gasteiger partial charge in [0.15, 0.2) is 0 Å². The minimum absolute atomic E-state index is 0.0163. The molecule has 10 amide bonds. The molecule has 1 fully saturated rings. The van der Waals surface area contributed by atoms with Crippen LogP contribution in [0.15, 0.2) is 12.2 Å². The van der Waals surface area contributed by atoms with Crippen LogP contribution >= 0.6 is 0 Å². The minimum Gasteiger partial charge on any atom is -0.390 e. The second kappa shape index (κ2) is 31.8. The average Bonchev–Trinajstić information content (AvgIpc) is 3.71. The molecule has 1 saturated heterocycles. The molecule has 0 radical (unpaired) electrons. The van der Waals surface area contributed by atoms with E-state index in [2.05, 4.69) is 53.2 Å². The normalized spacial score (nSPS) is 17.8. The maximum Gasteiger partial charge on any atom is 0.246 e. The molecule has 22 heteroatoms. The van der Waals surface area contributed by atoms with E-state index in [1.165, 1.54) is 52.5 Å². The van der Waals surface area contributed by atoms with Crippen LogP contribution in [0.25, 0.3) is 0 Å². The van der Waals surface area contributed by atoms with E-state index in [1.54, 1.807) is 20.9 Å². The molecule has 0 aromatic carbocycles. The number of aliphatic hydroxyl groups is 1. The van der Waals surface area contributed by atoms with Gasteiger partial charge in [0.1, 0.15) is 46.8 Å². The van der Waals surface area contributed by atoms with Crippen LogP contribution in [0.1, 0.15) is 163 Å². The lowest BCUT2D eigenvalue weighted by atomic mass is 9.95. The van der Waals surface area contributed by atoms with E-state index >= 15 is 0 Å². The molecule has 0 aromatic rings. The molecule has 1 rings (SSSR count). The Hall–Kier alpha value is -5.64. The highest BCUT2D eigenvalue weighted by molar-refractivity contribution is 6.00. The Morgan fingerprint density at radius 1 is 0.615 bits per heavy atom. The summed E-state index contributed by atoms with van der Waals surface area (Å²) in [6.45, 7) is 31.7. The van der Waals surface area contributed by atoms with Crippen molar-refractivity contribution in [2.75, 3.05) is 26.7 Å². The third kappa shape index (κ3) is 23.8. The molecule has 1 aliphatic rings. The van der Waals surface area contributed by atoms with Gasteiger partial charge in [-0.25, -0.2) is 0 Å². The van der Waals surface area contributed by atoms with Crippen molar-refractivity contribution in [1.82, 2.24) is 58.1 Å². The van der Waals surface area contributed by atoms with Crippen LogP contribution in [-0.2, 0) is 47.9 Å². The minimum atomic E-state index is -1.76. The van der Waals surface area contributed by atoms with Gasteiger partial charge in [-0.15, -0.1) is 0 Å². The highest BCUT2D eigenvalue weighted by Crippen LogP contribution is 2.25. The lowest BCUT2D eigenvalue weighted by molar-refractivity contribution is -0.140. The highest BCUT2D eigenvalue weighted by Gasteiger charge is 2.43. The fourth-order valence-corrected chi connectivity index (χ4v) is 8.55. The topological polar surface area (TPSA) is 314 Å². The molecular weight excluding hydrogens is 1000 g/mol. The van der Waals surface area contributed by atoms with E-state index in [0.717, 1.165) is 6.42 Å². The molecule has 78 heavy (non-hydrogen) atoms. The molecule has 11 N–H and O–H groups in total. The number of likely N-dealkylation sites (N-methyl/N-ethyl adjacent to an activating group) is 1. The van der Waals surface area contributed by atoms with Crippen LogP contribution in [0.5, 0.6) is 0 Å². The molecule has 1 aliphatic heterocycles. The molecule has 0 aliphatic carbocycles. The molecule has 8 unspecified atom stereocenters. The summed E-state index contributed by atoms with van der Waals surface area (Å²) in [6, 6.07) is -6.12. The summed E-state index contributed by atoms with van der Waals surface area (Å²) < 4.78 is 0. The molecule has 446 valence electrons. The summed E-state index contributed by atoms with van der Waals surface area (Å²) in [5, 5.41) is 38.8. The lowest BCUT2D eigenvalue weighted by Crippen LogP contribution is -2.66. The van der Waals surface area contributed by atoms with Gasteiger partial charge < -0.3 is 63.2 Å². The van der Waals surface area contributed by atoms with Crippen molar-refractivity contribution >= 4 is 59.1 Å². The monoisotopic (exact) mass is 1100 g/mol. The zero-order valence-electron chi connectivity index (χ0n) is 50.5. The van der Waals surface area contributed by atoms with Crippen LogP contribution in [0.4, 0.5) is 0 Å². The molecule has 9 atom stereocenters. The van der Waals surface area contributed by atoms with Gasteiger partial charge in [0.25, 0.3) is 0 Å². The summed E-state index contributed by atoms with van der Waals surface area (Å²) in [5.41, 5.74) is -4.81. The number of hydrogen-bond acceptors (Lipinski definition) is 12. The van der Waals surface area contributed by atoms with Gasteiger partial charge >= 0.3 is 0 Å². The van der Waals surface area contributed by atoms with Gasteiger partial charge in [-0.05, 0) is 123 Å². The predicted molar refractivity (Wildman–Crippen MR) is 301 cm³/mol. The average molecular weight is 1100 g/mol. The molecule has 0 saturated carbocycles. The number of likely N-dealkylation sites (tertiary alicyclic amines) is 1. The van der Waals surface area contributed by atoms with Crippen molar-refractivity contribution in [2.45, 2.75) is 222 Å². The molecule has 0 spiro atoms. The largest absolute Gasteiger partial charge is 0.390 e. The first-order valence-corrected chi connectivity index (χ1v) is 28.0. The smallest absolute Gasteiger partial charge is 0.246 e. The number of rotatable bonds is 32. The van der Waals surface area contributed by atoms with Gasteiger partial charge in [0.05, 0.1) is 6.10 Å². The fourth-order valence-electron chi connectivity index (χ4n) is 8.55. The maximum absolute atomic E-state index is 14.2. The molecule has 22 nitrogen and oxygen atoms in total. The number of nitrogens with one attached hydrogen (secondary N) is 10. The van der Waals surface area contributed by atoms with E-state index in [9.17, 15) is 53.1 Å². The Bertz CT molecular complexity index is 2090. The summed E-state index contributed by atoms with van der Waals surface area (Å²) in [6.07, 6.45) is 3.48. The standard InChI is InChI=1S/C56H101N11O11/c1-20-35(10)21-22-43(69)67-30-36(11)28-41(67)49(74)61-38(25-31(2)3)47(72)63-44(45(70)34(8)9)50(75)65-55(15,16)52(77)62-39(26-32(4)5)46(71)60-40(27-33(6)7)48(73)64-56(17,18)53(78)66-54(13,14)51(76)58-24-23-42(68)59-37(12)29-57-19/h21-22,31-41,44-45,57,70H,20,23-30H2,1-19H3,(H,58,76)(H,59,68)(H,60,71)(H,61,74)(H,62,77)(H,63,72)(H,64,73)(H,65,75)(H,66,78)/b22-21+/t35-,36?,37?,38?,39?,40?,41?,44?,45?/m1/s1. The van der Waals surface area contributed by atoms with E-state index in [4.69, 9.17) is 0 Å². The third-order valence-corrected chi connectivity index (χ3v) is 13.5. The van der Waals surface area contributed by atoms with Crippen LogP contribution in [0, 0.1) is 35.5 Å². The number of aliphatic hydroxyl groups excluding tert-OH is 1. The van der Waals surface area contributed by atoms with E-state index < -0.39 is 106 Å². The molecule has 1 heterocycles. The van der Waals surface area contributed by atoms with Gasteiger partial charge in [0, 0.05) is 32.1 Å². The Morgan fingerprint density at radius 3 is 1.62 bits per heavy atom. The Balaban J connectivity index is 3.29. The third-order valence-electron chi connectivity index (χ3n) is 13.5. The second-order valence-corrected chi connectivity index (χ2v) is 24.7. The second-order valence-electron chi connectivity index (χ2n) is 24.7. The Kier molecular flexibility index (Phi) is 28.7. The molecule has 0 aromatic heterocycles. The number of amides is 10. The summed E-state index contributed by atoms with van der Waals surface area (Å²) in [5.74, 6) is -7.01. The SMILES string of the molecule is CC[C@@H](C)/C=C/C(=O)N1CC(C)CC1C(=O)NC(CC(C)C)C(=O)NC(C(=O)NC(C)(C)C(=O)NC(CC(C)C)C(=O)NC(CC(C)C)C(=O)NC(C)(C)C(=O)NC(C)(C)C(=O)NCCC(=O)NC(C)CNC)C(O)C(C)C. The van der Waals surface area contributed by atoms with Gasteiger partial charge in [-0.3, -0.25) is 47.9 Å². The first-order chi connectivity index (χ1) is 35.9. The van der Waals surface area contributed by atoms with Crippen molar-refractivity contribution in [3.63, 3.8) is 0 Å². The number of allylic oxidation sites excluding steroid dienone is 1. The van der Waals surface area contributed by atoms with Crippen molar-refractivity contribution in [2.24, 2.45) is 35.5 Å². The number of carbonyl (C=O) groups excluding carboxylic acids is 10. The van der Waals surface area contributed by atoms with E-state index in [1.807, 2.05) is 75.3 Å². The predicted octanol–water partition coefficient (Wildman–Crippen LogP) is 1.83. The first-order valence-electron chi connectivity index (χ1n) is 28.0. The van der Waals surface area contributed by atoms with Crippen LogP contribution in [0.3, 0.4) is 0 Å². The van der Waals surface area contributed by atoms with Crippen molar-refractivity contribution in [3.8, 4) is 0 Å². The number of nitrogens with zero attached hydrogens (tertiary/aromatic N) is 1. The lowest BCUT2D eigenvalue weighted by Gasteiger charge is -2.34. The van der Waals surface area contributed by atoms with Gasteiger partial charge in [-0.1, -0.05) is 88.7 Å². The summed E-state index contributed by atoms with van der Waals surface area (Å²) >= 11 is 0. The maximum atomic E-state index is 14.2. The number of hydrogen-bond donors (Lipinski definition) is 11.